The molecule has 0 radical (unpaired) electrons. The predicted molar refractivity (Wildman–Crippen MR) is 172 cm³/mol. The Balaban J connectivity index is 1.35. The van der Waals surface area contributed by atoms with Gasteiger partial charge in [0.05, 0.1) is 22.9 Å². The lowest BCUT2D eigenvalue weighted by molar-refractivity contribution is -0.246. The monoisotopic (exact) mass is 614 g/mol. The molecule has 4 fully saturated rings. The molecule has 4 aliphatic rings. The van der Waals surface area contributed by atoms with E-state index in [4.69, 9.17) is 9.47 Å². The zero-order valence-electron chi connectivity index (χ0n) is 28.8. The lowest BCUT2D eigenvalue weighted by atomic mass is 9.35. The van der Waals surface area contributed by atoms with Crippen molar-refractivity contribution in [1.82, 2.24) is 0 Å². The molecular formula is C38H59FO5. The van der Waals surface area contributed by atoms with Gasteiger partial charge in [-0.25, -0.2) is 9.18 Å². The molecule has 0 amide bonds. The van der Waals surface area contributed by atoms with Crippen LogP contribution >= 0.6 is 0 Å². The van der Waals surface area contributed by atoms with Crippen LogP contribution in [0.25, 0.3) is 0 Å². The van der Waals surface area contributed by atoms with Crippen molar-refractivity contribution in [3.05, 3.63) is 35.6 Å². The number of aliphatic hydroxyl groups is 2. The Labute approximate surface area is 265 Å². The zero-order valence-corrected chi connectivity index (χ0v) is 28.8. The number of ether oxygens (including phenoxy) is 2. The van der Waals surface area contributed by atoms with Crippen molar-refractivity contribution < 1.29 is 28.9 Å². The topological polar surface area (TPSA) is 76.0 Å². The van der Waals surface area contributed by atoms with Gasteiger partial charge in [0.2, 0.25) is 0 Å². The van der Waals surface area contributed by atoms with Gasteiger partial charge in [-0.3, -0.25) is 0 Å². The van der Waals surface area contributed by atoms with Crippen LogP contribution in [-0.2, 0) is 9.47 Å². The van der Waals surface area contributed by atoms with Gasteiger partial charge in [0.25, 0.3) is 0 Å². The number of methoxy groups -OCH3 is 1. The number of rotatable bonds is 8. The quantitative estimate of drug-likeness (QED) is 0.288. The predicted octanol–water partition coefficient (Wildman–Crippen LogP) is 8.35. The van der Waals surface area contributed by atoms with Crippen molar-refractivity contribution in [2.45, 2.75) is 143 Å². The first-order valence-electron chi connectivity index (χ1n) is 17.2. The number of halogens is 1. The summed E-state index contributed by atoms with van der Waals surface area (Å²) in [5.41, 5.74) is -0.868. The molecule has 0 bridgehead atoms. The highest BCUT2D eigenvalue weighted by Crippen LogP contribution is 2.76. The molecule has 5 nitrogen and oxygen atoms in total. The van der Waals surface area contributed by atoms with E-state index in [-0.39, 0.29) is 57.0 Å². The molecule has 4 aliphatic carbocycles. The maximum absolute atomic E-state index is 13.5. The largest absolute Gasteiger partial charge is 0.458 e. The summed E-state index contributed by atoms with van der Waals surface area (Å²) in [7, 11) is 1.75. The lowest BCUT2D eigenvalue weighted by Gasteiger charge is -2.70. The van der Waals surface area contributed by atoms with Gasteiger partial charge in [0, 0.05) is 12.5 Å². The van der Waals surface area contributed by atoms with E-state index in [1.54, 1.807) is 7.11 Å². The molecule has 0 aromatic heterocycles. The minimum absolute atomic E-state index is 0.0105. The van der Waals surface area contributed by atoms with Crippen LogP contribution in [0.5, 0.6) is 0 Å². The van der Waals surface area contributed by atoms with Crippen molar-refractivity contribution in [2.24, 2.45) is 45.3 Å². The van der Waals surface area contributed by atoms with Gasteiger partial charge in [0.1, 0.15) is 11.9 Å². The summed E-state index contributed by atoms with van der Waals surface area (Å²) in [4.78, 5) is 13.1. The molecule has 0 unspecified atom stereocenters. The van der Waals surface area contributed by atoms with Crippen LogP contribution in [0.15, 0.2) is 24.3 Å². The second kappa shape index (κ2) is 11.3. The smallest absolute Gasteiger partial charge is 0.338 e. The highest BCUT2D eigenvalue weighted by Gasteiger charge is 2.71. The normalized spacial score (nSPS) is 41.2. The Kier molecular flexibility index (Phi) is 8.72. The van der Waals surface area contributed by atoms with Crippen molar-refractivity contribution in [1.29, 1.82) is 0 Å². The lowest BCUT2D eigenvalue weighted by Crippen LogP contribution is -2.66. The summed E-state index contributed by atoms with van der Waals surface area (Å²) in [6.07, 6.45) is 8.48. The first-order valence-corrected chi connectivity index (χ1v) is 17.2. The van der Waals surface area contributed by atoms with Crippen molar-refractivity contribution >= 4 is 5.97 Å². The fourth-order valence-corrected chi connectivity index (χ4v) is 11.6. The molecule has 44 heavy (non-hydrogen) atoms. The van der Waals surface area contributed by atoms with Gasteiger partial charge < -0.3 is 19.7 Å². The van der Waals surface area contributed by atoms with Gasteiger partial charge in [-0.2, -0.15) is 0 Å². The maximum Gasteiger partial charge on any atom is 0.338 e. The summed E-state index contributed by atoms with van der Waals surface area (Å²) in [5.74, 6) is 0.110. The molecule has 0 aliphatic heterocycles. The summed E-state index contributed by atoms with van der Waals surface area (Å²) >= 11 is 0. The summed E-state index contributed by atoms with van der Waals surface area (Å²) in [5, 5.41) is 24.0. The van der Waals surface area contributed by atoms with E-state index >= 15 is 0 Å². The van der Waals surface area contributed by atoms with E-state index in [1.165, 1.54) is 24.3 Å². The Morgan fingerprint density at radius 3 is 2.20 bits per heavy atom. The number of hydrogen-bond acceptors (Lipinski definition) is 5. The number of benzene rings is 1. The summed E-state index contributed by atoms with van der Waals surface area (Å²) < 4.78 is 25.2. The second-order valence-corrected chi connectivity index (χ2v) is 17.4. The van der Waals surface area contributed by atoms with E-state index in [0.29, 0.717) is 17.4 Å². The average molecular weight is 615 g/mol. The molecule has 1 aromatic rings. The van der Waals surface area contributed by atoms with E-state index in [9.17, 15) is 19.4 Å². The Hall–Kier alpha value is -1.50. The Bertz CT molecular complexity index is 1210. The van der Waals surface area contributed by atoms with E-state index in [1.807, 2.05) is 6.92 Å². The summed E-state index contributed by atoms with van der Waals surface area (Å²) in [6, 6.07) is 5.60. The Morgan fingerprint density at radius 1 is 0.932 bits per heavy atom. The van der Waals surface area contributed by atoms with Crippen LogP contribution in [0.2, 0.25) is 0 Å². The van der Waals surface area contributed by atoms with Crippen LogP contribution in [-0.4, -0.2) is 46.7 Å². The average Bonchev–Trinajstić information content (AvgIpc) is 3.32. The molecule has 2 N–H and O–H groups in total. The highest BCUT2D eigenvalue weighted by molar-refractivity contribution is 5.89. The molecule has 5 rings (SSSR count). The van der Waals surface area contributed by atoms with Crippen LogP contribution < -0.4 is 0 Å². The highest BCUT2D eigenvalue weighted by atomic mass is 19.1. The van der Waals surface area contributed by atoms with E-state index < -0.39 is 11.7 Å². The third-order valence-corrected chi connectivity index (χ3v) is 14.5. The van der Waals surface area contributed by atoms with Gasteiger partial charge in [-0.1, -0.05) is 34.6 Å². The standard InChI is InChI=1S/C38H59FO5/c1-33(2,43-9)18-10-19-38(8,42)26-15-21-37(7)31(26)27(40)23-29-35(5)20-17-30(34(3,4)28(35)16-22-36(29,37)6)44-32(41)24-11-13-25(39)14-12-24/h11-14,26-31,40,42H,10,15-23H2,1-9H3/t26-,27+,28-,29+,30-,31-,35-,36+,37+,38+/m0/s1. The van der Waals surface area contributed by atoms with Gasteiger partial charge >= 0.3 is 5.97 Å². The number of hydrogen-bond donors (Lipinski definition) is 2. The van der Waals surface area contributed by atoms with Gasteiger partial charge in [-0.15, -0.1) is 0 Å². The van der Waals surface area contributed by atoms with Gasteiger partial charge in [-0.05, 0) is 149 Å². The molecule has 0 heterocycles. The van der Waals surface area contributed by atoms with Crippen LogP contribution in [0.4, 0.5) is 4.39 Å². The van der Waals surface area contributed by atoms with Gasteiger partial charge in [0.15, 0.2) is 0 Å². The minimum Gasteiger partial charge on any atom is -0.458 e. The van der Waals surface area contributed by atoms with Crippen LogP contribution in [0.1, 0.15) is 130 Å². The first-order chi connectivity index (χ1) is 20.3. The second-order valence-electron chi connectivity index (χ2n) is 17.4. The maximum atomic E-state index is 13.5. The van der Waals surface area contributed by atoms with Crippen molar-refractivity contribution in [3.63, 3.8) is 0 Å². The number of carbonyl (C=O) groups excluding carboxylic acids is 1. The number of fused-ring (bicyclic) bond motifs is 5. The molecule has 6 heteroatoms. The zero-order chi connectivity index (χ0) is 32.5. The number of carbonyl (C=O) groups is 1. The van der Waals surface area contributed by atoms with Crippen molar-refractivity contribution in [2.75, 3.05) is 7.11 Å². The first kappa shape index (κ1) is 33.9. The van der Waals surface area contributed by atoms with Crippen molar-refractivity contribution in [3.8, 4) is 0 Å². The van der Waals surface area contributed by atoms with E-state index in [0.717, 1.165) is 64.2 Å². The molecule has 4 saturated carbocycles. The fraction of sp³-hybridized carbons (Fsp3) is 0.816. The minimum atomic E-state index is -0.827. The summed E-state index contributed by atoms with van der Waals surface area (Å²) in [6.45, 7) is 18.1. The SMILES string of the molecule is COC(C)(C)CCC[C@@](C)(O)[C@H]1CC[C@]2(C)[C@@H]1[C@H](O)C[C@@H]1[C@@]3(C)CC[C@H](OC(=O)c4ccc(F)cc4)C(C)(C)[C@@H]3CC[C@]12C. The van der Waals surface area contributed by atoms with Crippen LogP contribution in [0, 0.1) is 51.1 Å². The number of aliphatic hydroxyl groups excluding tert-OH is 1. The van der Waals surface area contributed by atoms with E-state index in [2.05, 4.69) is 48.5 Å². The Morgan fingerprint density at radius 2 is 1.57 bits per heavy atom. The third kappa shape index (κ3) is 5.37. The van der Waals surface area contributed by atoms with Crippen LogP contribution in [0.3, 0.4) is 0 Å². The molecule has 1 aromatic carbocycles. The fourth-order valence-electron chi connectivity index (χ4n) is 11.6. The molecular weight excluding hydrogens is 555 g/mol. The molecule has 0 saturated heterocycles. The number of esters is 1. The molecule has 10 atom stereocenters. The molecule has 0 spiro atoms. The third-order valence-electron chi connectivity index (χ3n) is 14.5. The molecule has 248 valence electrons.